The van der Waals surface area contributed by atoms with Crippen LogP contribution >= 0.6 is 0 Å². The van der Waals surface area contributed by atoms with Crippen molar-refractivity contribution >= 4 is 29.1 Å². The van der Waals surface area contributed by atoms with E-state index in [9.17, 15) is 14.4 Å². The van der Waals surface area contributed by atoms with Gasteiger partial charge in [-0.3, -0.25) is 14.4 Å². The van der Waals surface area contributed by atoms with E-state index in [4.69, 9.17) is 14.2 Å². The number of fused-ring (bicyclic) bond motifs is 2. The Morgan fingerprint density at radius 1 is 1.06 bits per heavy atom. The maximum Gasteiger partial charge on any atom is 0.257 e. The van der Waals surface area contributed by atoms with E-state index in [1.807, 2.05) is 30.3 Å². The Bertz CT molecular complexity index is 1040. The van der Waals surface area contributed by atoms with E-state index in [0.717, 1.165) is 5.69 Å². The van der Waals surface area contributed by atoms with Crippen LogP contribution in [0.3, 0.4) is 0 Å². The van der Waals surface area contributed by atoms with Crippen LogP contribution in [-0.4, -0.2) is 68.2 Å². The van der Waals surface area contributed by atoms with Crippen LogP contribution in [0.1, 0.15) is 29.6 Å². The maximum absolute atomic E-state index is 13.3. The Balaban J connectivity index is 1.42. The molecule has 1 fully saturated rings. The lowest BCUT2D eigenvalue weighted by atomic mass is 9.94. The first-order valence-electron chi connectivity index (χ1n) is 11.3. The Kier molecular flexibility index (Phi) is 7.44. The summed E-state index contributed by atoms with van der Waals surface area (Å²) in [6.45, 7) is 0.175. The van der Waals surface area contributed by atoms with Crippen LogP contribution in [0.5, 0.6) is 5.75 Å². The van der Waals surface area contributed by atoms with Crippen LogP contribution < -0.4 is 15.4 Å². The molecule has 2 aliphatic rings. The molecule has 3 atom stereocenters. The molecule has 180 valence electrons. The number of anilines is 2. The molecule has 0 spiro atoms. The topological polar surface area (TPSA) is 106 Å². The molecule has 0 saturated carbocycles. The molecule has 9 nitrogen and oxygen atoms in total. The normalized spacial score (nSPS) is 21.9. The molecular weight excluding hydrogens is 438 g/mol. The maximum atomic E-state index is 13.3. The number of nitrogens with one attached hydrogen (secondary N) is 2. The molecule has 0 aliphatic carbocycles. The minimum absolute atomic E-state index is 0.0763. The van der Waals surface area contributed by atoms with Crippen LogP contribution in [-0.2, 0) is 19.1 Å². The highest BCUT2D eigenvalue weighted by Gasteiger charge is 2.39. The largest absolute Gasteiger partial charge is 0.490 e. The van der Waals surface area contributed by atoms with E-state index in [1.54, 1.807) is 30.1 Å². The van der Waals surface area contributed by atoms with Gasteiger partial charge in [0.1, 0.15) is 25.1 Å². The van der Waals surface area contributed by atoms with E-state index in [-0.39, 0.29) is 55.6 Å². The van der Waals surface area contributed by atoms with Crippen molar-refractivity contribution < 1.29 is 28.6 Å². The minimum Gasteiger partial charge on any atom is -0.490 e. The average Bonchev–Trinajstić information content (AvgIpc) is 2.82. The van der Waals surface area contributed by atoms with Gasteiger partial charge in [0, 0.05) is 25.5 Å². The number of hydrogen-bond donors (Lipinski definition) is 2. The second kappa shape index (κ2) is 10.7. The number of likely N-dealkylation sites (N-methyl/N-ethyl adjacent to an activating group) is 1. The monoisotopic (exact) mass is 467 g/mol. The smallest absolute Gasteiger partial charge is 0.257 e. The third kappa shape index (κ3) is 5.55. The molecule has 0 unspecified atom stereocenters. The molecule has 4 rings (SSSR count). The Labute approximate surface area is 198 Å². The molecule has 2 aliphatic heterocycles. The Hall–Kier alpha value is -3.43. The number of rotatable bonds is 6. The number of carbonyl (C=O) groups is 3. The van der Waals surface area contributed by atoms with Crippen LogP contribution in [0.25, 0.3) is 0 Å². The molecule has 0 radical (unpaired) electrons. The number of benzene rings is 2. The second-order valence-corrected chi connectivity index (χ2v) is 8.48. The van der Waals surface area contributed by atoms with Crippen LogP contribution in [0, 0.1) is 0 Å². The zero-order valence-corrected chi connectivity index (χ0v) is 19.3. The van der Waals surface area contributed by atoms with Gasteiger partial charge in [-0.2, -0.15) is 0 Å². The third-order valence-corrected chi connectivity index (χ3v) is 6.04. The fourth-order valence-electron chi connectivity index (χ4n) is 4.37. The number of ether oxygens (including phenoxy) is 3. The van der Waals surface area contributed by atoms with E-state index < -0.39 is 0 Å². The highest BCUT2D eigenvalue weighted by molar-refractivity contribution is 6.00. The average molecular weight is 468 g/mol. The fourth-order valence-corrected chi connectivity index (χ4v) is 4.37. The van der Waals surface area contributed by atoms with Gasteiger partial charge in [-0.05, 0) is 43.2 Å². The van der Waals surface area contributed by atoms with Crippen molar-refractivity contribution in [3.8, 4) is 5.75 Å². The molecule has 2 heterocycles. The van der Waals surface area contributed by atoms with Crippen molar-refractivity contribution in [2.45, 2.75) is 37.5 Å². The van der Waals surface area contributed by atoms with Crippen molar-refractivity contribution in [1.29, 1.82) is 0 Å². The van der Waals surface area contributed by atoms with Crippen molar-refractivity contribution in [2.24, 2.45) is 0 Å². The lowest BCUT2D eigenvalue weighted by molar-refractivity contribution is -0.130. The first-order chi connectivity index (χ1) is 16.4. The predicted molar refractivity (Wildman–Crippen MR) is 126 cm³/mol. The van der Waals surface area contributed by atoms with E-state index in [0.29, 0.717) is 29.8 Å². The lowest BCUT2D eigenvalue weighted by Crippen LogP contribution is -2.53. The number of para-hydroxylation sites is 1. The van der Waals surface area contributed by atoms with Crippen LogP contribution in [0.15, 0.2) is 48.5 Å². The van der Waals surface area contributed by atoms with Gasteiger partial charge < -0.3 is 29.7 Å². The quantitative estimate of drug-likeness (QED) is 0.677. The molecule has 0 aromatic heterocycles. The SMILES string of the molecule is COCC(=O)Nc1ccc2c(c1)C(=O)N(C)[C@@H]1CC[C@H](CC(=O)Nc3ccccc3)O[C@H]1CO2. The summed E-state index contributed by atoms with van der Waals surface area (Å²) in [5.74, 6) is -0.207. The summed E-state index contributed by atoms with van der Waals surface area (Å²) < 4.78 is 17.0. The summed E-state index contributed by atoms with van der Waals surface area (Å²) in [5.41, 5.74) is 1.61. The first kappa shape index (κ1) is 23.7. The van der Waals surface area contributed by atoms with Crippen molar-refractivity contribution in [2.75, 3.05) is 38.0 Å². The molecule has 34 heavy (non-hydrogen) atoms. The van der Waals surface area contributed by atoms with Crippen molar-refractivity contribution in [1.82, 2.24) is 4.90 Å². The molecule has 3 amide bonds. The molecule has 2 N–H and O–H groups in total. The van der Waals surface area contributed by atoms with E-state index >= 15 is 0 Å². The Morgan fingerprint density at radius 2 is 1.82 bits per heavy atom. The Morgan fingerprint density at radius 3 is 2.59 bits per heavy atom. The second-order valence-electron chi connectivity index (χ2n) is 8.48. The molecular formula is C25H29N3O6. The van der Waals surface area contributed by atoms with Crippen molar-refractivity contribution in [3.63, 3.8) is 0 Å². The molecule has 9 heteroatoms. The molecule has 2 aromatic rings. The summed E-state index contributed by atoms with van der Waals surface area (Å²) in [5, 5.41) is 5.60. The number of carbonyl (C=O) groups excluding carboxylic acids is 3. The summed E-state index contributed by atoms with van der Waals surface area (Å²) >= 11 is 0. The summed E-state index contributed by atoms with van der Waals surface area (Å²) in [4.78, 5) is 39.2. The van der Waals surface area contributed by atoms with Gasteiger partial charge in [0.2, 0.25) is 11.8 Å². The molecule has 2 aromatic carbocycles. The third-order valence-electron chi connectivity index (χ3n) is 6.04. The minimum atomic E-state index is -0.355. The number of nitrogens with zero attached hydrogens (tertiary/aromatic N) is 1. The van der Waals surface area contributed by atoms with Gasteiger partial charge in [0.05, 0.1) is 24.1 Å². The van der Waals surface area contributed by atoms with E-state index in [1.165, 1.54) is 7.11 Å². The van der Waals surface area contributed by atoms with Gasteiger partial charge in [0.25, 0.3) is 5.91 Å². The zero-order valence-electron chi connectivity index (χ0n) is 19.3. The van der Waals surface area contributed by atoms with Gasteiger partial charge in [-0.25, -0.2) is 0 Å². The van der Waals surface area contributed by atoms with Gasteiger partial charge in [-0.15, -0.1) is 0 Å². The predicted octanol–water partition coefficient (Wildman–Crippen LogP) is 2.68. The van der Waals surface area contributed by atoms with Crippen molar-refractivity contribution in [3.05, 3.63) is 54.1 Å². The lowest BCUT2D eigenvalue weighted by Gasteiger charge is -2.42. The molecule has 0 bridgehead atoms. The zero-order chi connectivity index (χ0) is 24.1. The number of amides is 3. The number of hydrogen-bond acceptors (Lipinski definition) is 6. The van der Waals surface area contributed by atoms with Gasteiger partial charge >= 0.3 is 0 Å². The summed E-state index contributed by atoms with van der Waals surface area (Å²) in [6.07, 6.45) is 0.970. The van der Waals surface area contributed by atoms with Gasteiger partial charge in [-0.1, -0.05) is 18.2 Å². The first-order valence-corrected chi connectivity index (χ1v) is 11.3. The molecule has 1 saturated heterocycles. The fraction of sp³-hybridized carbons (Fsp3) is 0.400. The summed E-state index contributed by atoms with van der Waals surface area (Å²) in [6, 6.07) is 14.1. The van der Waals surface area contributed by atoms with Crippen LogP contribution in [0.4, 0.5) is 11.4 Å². The van der Waals surface area contributed by atoms with E-state index in [2.05, 4.69) is 10.6 Å². The van der Waals surface area contributed by atoms with Gasteiger partial charge in [0.15, 0.2) is 0 Å². The highest BCUT2D eigenvalue weighted by Crippen LogP contribution is 2.32. The van der Waals surface area contributed by atoms with Crippen LogP contribution in [0.2, 0.25) is 0 Å². The number of methoxy groups -OCH3 is 1. The summed E-state index contributed by atoms with van der Waals surface area (Å²) in [7, 11) is 3.19. The highest BCUT2D eigenvalue weighted by atomic mass is 16.5. The standard InChI is InChI=1S/C25H29N3O6/c1-28-20-10-9-18(13-23(29)26-16-6-4-3-5-7-16)34-22(20)14-33-21-11-8-17(12-19(21)25(28)31)27-24(30)15-32-2/h3-8,11-12,18,20,22H,9-10,13-15H2,1-2H3,(H,26,29)(H,27,30)/t18-,20-,22+/m1/s1.